The van der Waals surface area contributed by atoms with E-state index in [1.807, 2.05) is 59.7 Å². The largest absolute Gasteiger partial charge is 0.494 e. The predicted octanol–water partition coefficient (Wildman–Crippen LogP) is 3.43. The summed E-state index contributed by atoms with van der Waals surface area (Å²) in [4.78, 5) is 0. The zero-order valence-electron chi connectivity index (χ0n) is 13.0. The zero-order valence-corrected chi connectivity index (χ0v) is 13.7. The molecule has 1 aromatic carbocycles. The van der Waals surface area contributed by atoms with Crippen LogP contribution in [0.2, 0.25) is 5.02 Å². The first-order valence-corrected chi connectivity index (χ1v) is 7.32. The van der Waals surface area contributed by atoms with Crippen LogP contribution in [0.15, 0.2) is 18.2 Å². The van der Waals surface area contributed by atoms with Gasteiger partial charge < -0.3 is 14.0 Å². The van der Waals surface area contributed by atoms with Crippen molar-refractivity contribution in [3.05, 3.63) is 23.2 Å². The molecule has 0 aromatic heterocycles. The quantitative estimate of drug-likeness (QED) is 0.800. The van der Waals surface area contributed by atoms with E-state index in [1.54, 1.807) is 0 Å². The molecule has 1 aromatic rings. The summed E-state index contributed by atoms with van der Waals surface area (Å²) in [6, 6.07) is 5.63. The van der Waals surface area contributed by atoms with Crippen molar-refractivity contribution >= 4 is 24.2 Å². The normalized spacial score (nSPS) is 20.5. The maximum absolute atomic E-state index is 6.15. The van der Waals surface area contributed by atoms with Crippen molar-refractivity contribution < 1.29 is 14.0 Å². The molecule has 0 atom stereocenters. The van der Waals surface area contributed by atoms with E-state index in [0.717, 1.165) is 5.46 Å². The predicted molar refractivity (Wildman–Crippen MR) is 82.9 cm³/mol. The average molecular weight is 297 g/mol. The number of halogens is 1. The Hall–Kier alpha value is -0.705. The van der Waals surface area contributed by atoms with E-state index in [-0.39, 0.29) is 17.3 Å². The summed E-state index contributed by atoms with van der Waals surface area (Å²) in [7, 11) is -0.397. The molecule has 20 heavy (non-hydrogen) atoms. The molecule has 0 radical (unpaired) electrons. The number of rotatable bonds is 3. The maximum atomic E-state index is 6.15. The average Bonchev–Trinajstić information content (AvgIpc) is 2.50. The van der Waals surface area contributed by atoms with Gasteiger partial charge in [-0.2, -0.15) is 0 Å². The van der Waals surface area contributed by atoms with Crippen LogP contribution in [0.25, 0.3) is 0 Å². The highest BCUT2D eigenvalue weighted by Crippen LogP contribution is 2.37. The Balaban J connectivity index is 2.27. The van der Waals surface area contributed by atoms with Gasteiger partial charge in [-0.3, -0.25) is 0 Å². The molecule has 0 unspecified atom stereocenters. The summed E-state index contributed by atoms with van der Waals surface area (Å²) >= 11 is 6.15. The molecule has 3 nitrogen and oxygen atoms in total. The summed E-state index contributed by atoms with van der Waals surface area (Å²) in [6.07, 6.45) is 0.0704. The van der Waals surface area contributed by atoms with Gasteiger partial charge in [0.1, 0.15) is 5.75 Å². The van der Waals surface area contributed by atoms with E-state index in [9.17, 15) is 0 Å². The highest BCUT2D eigenvalue weighted by Gasteiger charge is 2.51. The minimum absolute atomic E-state index is 0.0704. The Labute approximate surface area is 126 Å². The molecular weight excluding hydrogens is 274 g/mol. The van der Waals surface area contributed by atoms with Crippen LogP contribution in [-0.2, 0) is 9.31 Å². The van der Waals surface area contributed by atoms with E-state index in [1.165, 1.54) is 0 Å². The van der Waals surface area contributed by atoms with E-state index < -0.39 is 7.12 Å². The molecule has 110 valence electrons. The molecule has 0 amide bonds. The molecule has 0 N–H and O–H groups in total. The molecule has 1 aliphatic heterocycles. The number of hydrogen-bond donors (Lipinski definition) is 0. The highest BCUT2D eigenvalue weighted by molar-refractivity contribution is 6.62. The minimum atomic E-state index is -0.397. The summed E-state index contributed by atoms with van der Waals surface area (Å²) in [5.41, 5.74) is 0.218. The van der Waals surface area contributed by atoms with Crippen molar-refractivity contribution in [1.29, 1.82) is 0 Å². The lowest BCUT2D eigenvalue weighted by atomic mass is 9.79. The van der Waals surface area contributed by atoms with Gasteiger partial charge in [0.25, 0.3) is 0 Å². The van der Waals surface area contributed by atoms with E-state index in [2.05, 4.69) is 0 Å². The van der Waals surface area contributed by atoms with Crippen molar-refractivity contribution in [2.75, 3.05) is 0 Å². The van der Waals surface area contributed by atoms with Crippen LogP contribution >= 0.6 is 11.6 Å². The lowest BCUT2D eigenvalue weighted by Gasteiger charge is -2.32. The molecule has 0 bridgehead atoms. The van der Waals surface area contributed by atoms with Gasteiger partial charge in [-0.05, 0) is 59.1 Å². The SMILES string of the molecule is CC(C)Oc1cc(B2OC(C)(C)C(C)(C)O2)ccc1Cl. The fraction of sp³-hybridized carbons (Fsp3) is 0.600. The third-order valence-electron chi connectivity index (χ3n) is 3.84. The Morgan fingerprint density at radius 2 is 1.65 bits per heavy atom. The van der Waals surface area contributed by atoms with Crippen molar-refractivity contribution in [3.8, 4) is 5.75 Å². The topological polar surface area (TPSA) is 27.7 Å². The first-order chi connectivity index (χ1) is 9.12. The first kappa shape index (κ1) is 15.7. The Morgan fingerprint density at radius 1 is 1.10 bits per heavy atom. The second-order valence-electron chi connectivity index (χ2n) is 6.44. The molecule has 1 heterocycles. The Bertz CT molecular complexity index is 484. The zero-order chi connectivity index (χ0) is 15.1. The lowest BCUT2D eigenvalue weighted by molar-refractivity contribution is 0.00578. The second kappa shape index (κ2) is 5.25. The van der Waals surface area contributed by atoms with Gasteiger partial charge in [-0.25, -0.2) is 0 Å². The van der Waals surface area contributed by atoms with Crippen LogP contribution in [0.4, 0.5) is 0 Å². The maximum Gasteiger partial charge on any atom is 0.494 e. The molecule has 0 saturated carbocycles. The first-order valence-electron chi connectivity index (χ1n) is 6.94. The van der Waals surface area contributed by atoms with Gasteiger partial charge in [-0.1, -0.05) is 17.7 Å². The monoisotopic (exact) mass is 296 g/mol. The molecule has 1 saturated heterocycles. The standard InChI is InChI=1S/C15H22BClO3/c1-10(2)18-13-9-11(7-8-12(13)17)16-19-14(3,4)15(5,6)20-16/h7-10H,1-6H3. The number of hydrogen-bond acceptors (Lipinski definition) is 3. The number of ether oxygens (including phenoxy) is 1. The van der Waals surface area contributed by atoms with Crippen LogP contribution < -0.4 is 10.2 Å². The Kier molecular flexibility index (Phi) is 4.11. The smallest absolute Gasteiger partial charge is 0.489 e. The van der Waals surface area contributed by atoms with Crippen LogP contribution in [0.3, 0.4) is 0 Å². The van der Waals surface area contributed by atoms with E-state index >= 15 is 0 Å². The molecule has 5 heteroatoms. The molecule has 0 aliphatic carbocycles. The van der Waals surface area contributed by atoms with Gasteiger partial charge in [0.05, 0.1) is 22.3 Å². The summed E-state index contributed by atoms with van der Waals surface area (Å²) in [6.45, 7) is 12.1. The van der Waals surface area contributed by atoms with Crippen molar-refractivity contribution in [3.63, 3.8) is 0 Å². The minimum Gasteiger partial charge on any atom is -0.489 e. The third-order valence-corrected chi connectivity index (χ3v) is 4.16. The van der Waals surface area contributed by atoms with Gasteiger partial charge in [-0.15, -0.1) is 0 Å². The fourth-order valence-corrected chi connectivity index (χ4v) is 2.15. The third kappa shape index (κ3) is 2.97. The molecule has 2 rings (SSSR count). The van der Waals surface area contributed by atoms with Gasteiger partial charge in [0.15, 0.2) is 0 Å². The second-order valence-corrected chi connectivity index (χ2v) is 6.85. The van der Waals surface area contributed by atoms with Crippen LogP contribution in [0.1, 0.15) is 41.5 Å². The van der Waals surface area contributed by atoms with Crippen molar-refractivity contribution in [2.45, 2.75) is 58.8 Å². The van der Waals surface area contributed by atoms with Crippen LogP contribution in [0.5, 0.6) is 5.75 Å². The van der Waals surface area contributed by atoms with Crippen molar-refractivity contribution in [1.82, 2.24) is 0 Å². The van der Waals surface area contributed by atoms with E-state index in [4.69, 9.17) is 25.6 Å². The summed E-state index contributed by atoms with van der Waals surface area (Å²) in [5, 5.41) is 0.596. The Morgan fingerprint density at radius 3 is 2.15 bits per heavy atom. The summed E-state index contributed by atoms with van der Waals surface area (Å²) < 4.78 is 17.8. The fourth-order valence-electron chi connectivity index (χ4n) is 1.99. The summed E-state index contributed by atoms with van der Waals surface area (Å²) in [5.74, 6) is 0.661. The molecule has 1 fully saturated rings. The van der Waals surface area contributed by atoms with Gasteiger partial charge in [0.2, 0.25) is 0 Å². The highest BCUT2D eigenvalue weighted by atomic mass is 35.5. The van der Waals surface area contributed by atoms with Crippen LogP contribution in [0, 0.1) is 0 Å². The molecule has 1 aliphatic rings. The van der Waals surface area contributed by atoms with Crippen molar-refractivity contribution in [2.24, 2.45) is 0 Å². The van der Waals surface area contributed by atoms with Gasteiger partial charge in [0, 0.05) is 0 Å². The number of benzene rings is 1. The van der Waals surface area contributed by atoms with Gasteiger partial charge >= 0.3 is 7.12 Å². The van der Waals surface area contributed by atoms with Crippen LogP contribution in [-0.4, -0.2) is 24.4 Å². The molecular formula is C15H22BClO3. The molecule has 0 spiro atoms. The lowest BCUT2D eigenvalue weighted by Crippen LogP contribution is -2.41. The van der Waals surface area contributed by atoms with E-state index in [0.29, 0.717) is 10.8 Å².